The van der Waals surface area contributed by atoms with E-state index in [9.17, 15) is 13.2 Å². The molecule has 0 aliphatic carbocycles. The number of thiazole rings is 1. The number of rotatable bonds is 5. The third-order valence-electron chi connectivity index (χ3n) is 4.16. The van der Waals surface area contributed by atoms with Crippen molar-refractivity contribution in [3.63, 3.8) is 0 Å². The van der Waals surface area contributed by atoms with E-state index in [-0.39, 0.29) is 21.5 Å². The van der Waals surface area contributed by atoms with E-state index >= 15 is 0 Å². The SMILES string of the molecule is CC(C)N(C)S(=O)(=O)c1ccc(Cl)c(C(=O)Nc2nc3ccc(Cl)cc3s2)c1. The van der Waals surface area contributed by atoms with E-state index in [1.807, 2.05) is 0 Å². The number of benzene rings is 2. The number of anilines is 1. The van der Waals surface area contributed by atoms with E-state index in [4.69, 9.17) is 23.2 Å². The molecule has 28 heavy (non-hydrogen) atoms. The van der Waals surface area contributed by atoms with Crippen molar-refractivity contribution in [3.05, 3.63) is 52.0 Å². The Labute approximate surface area is 177 Å². The van der Waals surface area contributed by atoms with E-state index in [0.29, 0.717) is 15.7 Å². The first-order chi connectivity index (χ1) is 13.1. The van der Waals surface area contributed by atoms with Gasteiger partial charge in [-0.25, -0.2) is 13.4 Å². The molecule has 6 nitrogen and oxygen atoms in total. The number of aromatic nitrogens is 1. The van der Waals surface area contributed by atoms with Gasteiger partial charge in [-0.05, 0) is 50.2 Å². The van der Waals surface area contributed by atoms with Crippen LogP contribution in [0.4, 0.5) is 5.13 Å². The van der Waals surface area contributed by atoms with Crippen LogP contribution < -0.4 is 5.32 Å². The lowest BCUT2D eigenvalue weighted by atomic mass is 10.2. The third kappa shape index (κ3) is 4.16. The number of amides is 1. The van der Waals surface area contributed by atoms with Crippen molar-refractivity contribution >= 4 is 65.8 Å². The van der Waals surface area contributed by atoms with Crippen LogP contribution in [0.15, 0.2) is 41.3 Å². The summed E-state index contributed by atoms with van der Waals surface area (Å²) in [6.07, 6.45) is 0. The summed E-state index contributed by atoms with van der Waals surface area (Å²) in [6, 6.07) is 9.05. The van der Waals surface area contributed by atoms with Gasteiger partial charge in [0.15, 0.2) is 5.13 Å². The number of carbonyl (C=O) groups excluding carboxylic acids is 1. The Balaban J connectivity index is 1.92. The van der Waals surface area contributed by atoms with Crippen molar-refractivity contribution in [2.45, 2.75) is 24.8 Å². The molecule has 2 aromatic carbocycles. The Bertz CT molecular complexity index is 1160. The summed E-state index contributed by atoms with van der Waals surface area (Å²) in [5.74, 6) is -0.542. The predicted molar refractivity (Wildman–Crippen MR) is 114 cm³/mol. The van der Waals surface area contributed by atoms with Gasteiger partial charge in [0.25, 0.3) is 5.91 Å². The molecule has 0 unspecified atom stereocenters. The van der Waals surface area contributed by atoms with Crippen molar-refractivity contribution in [2.75, 3.05) is 12.4 Å². The van der Waals surface area contributed by atoms with E-state index in [2.05, 4.69) is 10.3 Å². The normalized spacial score (nSPS) is 12.1. The van der Waals surface area contributed by atoms with Gasteiger partial charge in [-0.3, -0.25) is 10.1 Å². The van der Waals surface area contributed by atoms with Gasteiger partial charge in [-0.15, -0.1) is 0 Å². The van der Waals surface area contributed by atoms with Gasteiger partial charge < -0.3 is 0 Å². The molecule has 3 rings (SSSR count). The number of hydrogen-bond acceptors (Lipinski definition) is 5. The Morgan fingerprint density at radius 2 is 1.89 bits per heavy atom. The monoisotopic (exact) mass is 457 g/mol. The molecule has 0 saturated heterocycles. The summed E-state index contributed by atoms with van der Waals surface area (Å²) < 4.78 is 27.4. The Morgan fingerprint density at radius 3 is 2.57 bits per heavy atom. The van der Waals surface area contributed by atoms with Crippen LogP contribution >= 0.6 is 34.5 Å². The average molecular weight is 458 g/mol. The van der Waals surface area contributed by atoms with Crippen molar-refractivity contribution in [1.82, 2.24) is 9.29 Å². The number of hydrogen-bond donors (Lipinski definition) is 1. The molecular formula is C18H17Cl2N3O3S2. The minimum Gasteiger partial charge on any atom is -0.298 e. The van der Waals surface area contributed by atoms with Crippen LogP contribution in [0.2, 0.25) is 10.0 Å². The topological polar surface area (TPSA) is 79.4 Å². The van der Waals surface area contributed by atoms with Gasteiger partial charge in [0.2, 0.25) is 10.0 Å². The molecule has 0 atom stereocenters. The van der Waals surface area contributed by atoms with E-state index in [1.165, 1.54) is 40.9 Å². The molecule has 1 heterocycles. The molecule has 0 bridgehead atoms. The smallest absolute Gasteiger partial charge is 0.259 e. The molecule has 0 aliphatic rings. The van der Waals surface area contributed by atoms with Crippen LogP contribution in [0.1, 0.15) is 24.2 Å². The average Bonchev–Trinajstić information content (AvgIpc) is 3.02. The van der Waals surface area contributed by atoms with Gasteiger partial charge in [-0.1, -0.05) is 34.5 Å². The molecule has 10 heteroatoms. The van der Waals surface area contributed by atoms with Crippen LogP contribution in [-0.4, -0.2) is 36.7 Å². The summed E-state index contributed by atoms with van der Waals surface area (Å²) in [7, 11) is -2.26. The molecule has 3 aromatic rings. The standard InChI is InChI=1S/C18H17Cl2N3O3S2/c1-10(2)23(3)28(25,26)12-5-6-14(20)13(9-12)17(24)22-18-21-15-7-4-11(19)8-16(15)27-18/h4-10H,1-3H3,(H,21,22,24). The zero-order chi connectivity index (χ0) is 20.6. The molecule has 1 N–H and O–H groups in total. The molecule has 1 aromatic heterocycles. The number of halogens is 2. The van der Waals surface area contributed by atoms with Gasteiger partial charge in [0.05, 0.1) is 25.7 Å². The van der Waals surface area contributed by atoms with Crippen LogP contribution in [0.25, 0.3) is 10.2 Å². The molecule has 0 aliphatic heterocycles. The second kappa shape index (κ2) is 7.96. The van der Waals surface area contributed by atoms with Crippen LogP contribution in [0.3, 0.4) is 0 Å². The molecular weight excluding hydrogens is 441 g/mol. The lowest BCUT2D eigenvalue weighted by Crippen LogP contribution is -2.33. The summed E-state index contributed by atoms with van der Waals surface area (Å²) >= 11 is 13.4. The van der Waals surface area contributed by atoms with Crippen molar-refractivity contribution in [1.29, 1.82) is 0 Å². The fourth-order valence-electron chi connectivity index (χ4n) is 2.40. The van der Waals surface area contributed by atoms with Gasteiger partial charge in [0.1, 0.15) is 0 Å². The highest BCUT2D eigenvalue weighted by Crippen LogP contribution is 2.30. The molecule has 0 spiro atoms. The fraction of sp³-hybridized carbons (Fsp3) is 0.222. The summed E-state index contributed by atoms with van der Waals surface area (Å²) in [5, 5.41) is 3.76. The highest BCUT2D eigenvalue weighted by atomic mass is 35.5. The molecule has 0 fully saturated rings. The van der Waals surface area contributed by atoms with Crippen molar-refractivity contribution in [3.8, 4) is 0 Å². The number of sulfonamides is 1. The summed E-state index contributed by atoms with van der Waals surface area (Å²) in [5.41, 5.74) is 0.753. The molecule has 0 saturated carbocycles. The number of nitrogens with zero attached hydrogens (tertiary/aromatic N) is 2. The maximum atomic E-state index is 12.7. The van der Waals surface area contributed by atoms with Crippen LogP contribution in [-0.2, 0) is 10.0 Å². The number of fused-ring (bicyclic) bond motifs is 1. The first kappa shape index (κ1) is 21.0. The number of nitrogens with one attached hydrogen (secondary N) is 1. The van der Waals surface area contributed by atoms with E-state index in [0.717, 1.165) is 4.70 Å². The fourth-order valence-corrected chi connectivity index (χ4v) is 5.13. The first-order valence-electron chi connectivity index (χ1n) is 8.24. The predicted octanol–water partition coefficient (Wildman–Crippen LogP) is 4.88. The Morgan fingerprint density at radius 1 is 1.18 bits per heavy atom. The summed E-state index contributed by atoms with van der Waals surface area (Å²) in [6.45, 7) is 3.53. The third-order valence-corrected chi connectivity index (χ3v) is 7.69. The quantitative estimate of drug-likeness (QED) is 0.591. The minimum atomic E-state index is -3.74. The van der Waals surface area contributed by atoms with Gasteiger partial charge in [-0.2, -0.15) is 4.31 Å². The van der Waals surface area contributed by atoms with Gasteiger partial charge >= 0.3 is 0 Å². The lowest BCUT2D eigenvalue weighted by molar-refractivity contribution is 0.102. The van der Waals surface area contributed by atoms with E-state index in [1.54, 1.807) is 32.0 Å². The lowest BCUT2D eigenvalue weighted by Gasteiger charge is -2.21. The van der Waals surface area contributed by atoms with E-state index < -0.39 is 15.9 Å². The first-order valence-corrected chi connectivity index (χ1v) is 11.3. The molecule has 0 radical (unpaired) electrons. The Kier molecular flexibility index (Phi) is 5.97. The zero-order valence-electron chi connectivity index (χ0n) is 15.2. The molecule has 1 amide bonds. The minimum absolute atomic E-state index is 0.00525. The van der Waals surface area contributed by atoms with Crippen LogP contribution in [0.5, 0.6) is 0 Å². The second-order valence-electron chi connectivity index (χ2n) is 6.34. The largest absolute Gasteiger partial charge is 0.298 e. The van der Waals surface area contributed by atoms with Crippen molar-refractivity contribution in [2.24, 2.45) is 0 Å². The second-order valence-corrected chi connectivity index (χ2v) is 10.2. The molecule has 148 valence electrons. The zero-order valence-corrected chi connectivity index (χ0v) is 18.4. The Hall–Kier alpha value is -1.71. The highest BCUT2D eigenvalue weighted by molar-refractivity contribution is 7.89. The maximum Gasteiger partial charge on any atom is 0.259 e. The number of carbonyl (C=O) groups is 1. The highest BCUT2D eigenvalue weighted by Gasteiger charge is 2.25. The van der Waals surface area contributed by atoms with Crippen molar-refractivity contribution < 1.29 is 13.2 Å². The van der Waals surface area contributed by atoms with Crippen LogP contribution in [0, 0.1) is 0 Å². The van der Waals surface area contributed by atoms with Gasteiger partial charge in [0, 0.05) is 18.1 Å². The summed E-state index contributed by atoms with van der Waals surface area (Å²) in [4.78, 5) is 17.0. The maximum absolute atomic E-state index is 12.7.